The summed E-state index contributed by atoms with van der Waals surface area (Å²) in [5.41, 5.74) is 4.58. The maximum absolute atomic E-state index is 11.6. The lowest BCUT2D eigenvalue weighted by atomic mass is 10.0. The largest absolute Gasteiger partial charge is 0.491 e. The van der Waals surface area contributed by atoms with E-state index in [4.69, 9.17) is 28.4 Å². The predicted octanol–water partition coefficient (Wildman–Crippen LogP) is 7.35. The van der Waals surface area contributed by atoms with Gasteiger partial charge in [0.25, 0.3) is 0 Å². The zero-order chi connectivity index (χ0) is 31.9. The summed E-state index contributed by atoms with van der Waals surface area (Å²) >= 11 is 0. The first kappa shape index (κ1) is 33.1. The van der Waals surface area contributed by atoms with Gasteiger partial charge in [0.2, 0.25) is 0 Å². The van der Waals surface area contributed by atoms with Crippen LogP contribution in [-0.2, 0) is 27.1 Å². The lowest BCUT2D eigenvalue weighted by Gasteiger charge is -2.18. The van der Waals surface area contributed by atoms with Crippen molar-refractivity contribution < 1.29 is 33.2 Å². The Balaban J connectivity index is 1.20. The van der Waals surface area contributed by atoms with E-state index < -0.39 is 6.10 Å². The van der Waals surface area contributed by atoms with Gasteiger partial charge in [-0.25, -0.2) is 0 Å². The van der Waals surface area contributed by atoms with Gasteiger partial charge >= 0.3 is 5.97 Å². The monoisotopic (exact) mass is 610 g/mol. The van der Waals surface area contributed by atoms with Crippen LogP contribution in [0, 0.1) is 0 Å². The Kier molecular flexibility index (Phi) is 12.9. The number of carbonyl (C=O) groups is 1. The van der Waals surface area contributed by atoms with E-state index in [1.807, 2.05) is 84.9 Å². The van der Waals surface area contributed by atoms with E-state index >= 15 is 0 Å². The van der Waals surface area contributed by atoms with Crippen molar-refractivity contribution in [3.8, 4) is 23.0 Å². The average molecular weight is 611 g/mol. The molecule has 0 aliphatic rings. The molecule has 0 aromatic heterocycles. The smallest absolute Gasteiger partial charge is 0.303 e. The molecule has 4 aromatic carbocycles. The van der Waals surface area contributed by atoms with Gasteiger partial charge in [-0.15, -0.1) is 0 Å². The number of hydrogen-bond acceptors (Lipinski definition) is 7. The summed E-state index contributed by atoms with van der Waals surface area (Å²) in [7, 11) is 1.65. The summed E-state index contributed by atoms with van der Waals surface area (Å²) in [4.78, 5) is 11.6. The molecule has 0 saturated carbocycles. The lowest BCUT2D eigenvalue weighted by molar-refractivity contribution is -0.149. The standard InChI is InChI=1S/C38H42O7/c1-5-29-7-15-33(16-8-29)41-24-37(40-4)25-42-35-19-11-31(12-20-35)23-32-13-21-36(22-14-32)44-27-38(45-28(3)39)26-43-34-17-9-30(6-2)10-18-34/h5,7-22,37-38H,1,6,23-27H2,2-4H3. The Morgan fingerprint density at radius 2 is 1.00 bits per heavy atom. The van der Waals surface area contributed by atoms with E-state index in [1.165, 1.54) is 12.5 Å². The summed E-state index contributed by atoms with van der Waals surface area (Å²) in [5.74, 6) is 2.58. The molecule has 0 heterocycles. The minimum atomic E-state index is -0.532. The second kappa shape index (κ2) is 17.5. The van der Waals surface area contributed by atoms with E-state index in [0.29, 0.717) is 19.0 Å². The van der Waals surface area contributed by atoms with Crippen LogP contribution in [0.3, 0.4) is 0 Å². The molecule has 0 aliphatic heterocycles. The van der Waals surface area contributed by atoms with Gasteiger partial charge in [-0.2, -0.15) is 0 Å². The molecule has 2 atom stereocenters. The molecule has 0 N–H and O–H groups in total. The van der Waals surface area contributed by atoms with Gasteiger partial charge in [-0.05, 0) is 83.6 Å². The molecule has 0 amide bonds. The molecular weight excluding hydrogens is 568 g/mol. The minimum Gasteiger partial charge on any atom is -0.491 e. The van der Waals surface area contributed by atoms with Crippen molar-refractivity contribution in [3.63, 3.8) is 0 Å². The highest BCUT2D eigenvalue weighted by molar-refractivity contribution is 5.66. The number of ether oxygens (including phenoxy) is 6. The number of carbonyl (C=O) groups excluding carboxylic acids is 1. The highest BCUT2D eigenvalue weighted by Gasteiger charge is 2.15. The Bertz CT molecular complexity index is 1450. The van der Waals surface area contributed by atoms with Crippen LogP contribution in [-0.4, -0.2) is 51.7 Å². The predicted molar refractivity (Wildman–Crippen MR) is 176 cm³/mol. The Morgan fingerprint density at radius 1 is 0.622 bits per heavy atom. The summed E-state index contributed by atoms with van der Waals surface area (Å²) < 4.78 is 34.5. The quantitative estimate of drug-likeness (QED) is 0.109. The van der Waals surface area contributed by atoms with Crippen molar-refractivity contribution in [1.82, 2.24) is 0 Å². The summed E-state index contributed by atoms with van der Waals surface area (Å²) in [6.07, 6.45) is 2.78. The molecule has 0 spiro atoms. The molecule has 7 nitrogen and oxygen atoms in total. The van der Waals surface area contributed by atoms with Gasteiger partial charge in [0, 0.05) is 14.0 Å². The van der Waals surface area contributed by atoms with Gasteiger partial charge in [-0.3, -0.25) is 4.79 Å². The van der Waals surface area contributed by atoms with Crippen molar-refractivity contribution >= 4 is 12.0 Å². The van der Waals surface area contributed by atoms with Crippen LogP contribution in [0.15, 0.2) is 104 Å². The van der Waals surface area contributed by atoms with Crippen molar-refractivity contribution in [2.24, 2.45) is 0 Å². The van der Waals surface area contributed by atoms with E-state index in [2.05, 4.69) is 25.6 Å². The fourth-order valence-corrected chi connectivity index (χ4v) is 4.46. The number of rotatable bonds is 18. The second-order valence-corrected chi connectivity index (χ2v) is 10.6. The lowest BCUT2D eigenvalue weighted by Crippen LogP contribution is -2.30. The van der Waals surface area contributed by atoms with Crippen molar-refractivity contribution in [2.75, 3.05) is 33.5 Å². The molecule has 0 fully saturated rings. The van der Waals surface area contributed by atoms with E-state index in [-0.39, 0.29) is 25.3 Å². The molecule has 4 rings (SSSR count). The molecule has 0 aliphatic carbocycles. The summed E-state index contributed by atoms with van der Waals surface area (Å²) in [6.45, 7) is 8.40. The first-order valence-corrected chi connectivity index (χ1v) is 15.1. The average Bonchev–Trinajstić information content (AvgIpc) is 3.07. The molecule has 0 bridgehead atoms. The molecule has 236 valence electrons. The van der Waals surface area contributed by atoms with Gasteiger partial charge < -0.3 is 28.4 Å². The first-order valence-electron chi connectivity index (χ1n) is 15.1. The second-order valence-electron chi connectivity index (χ2n) is 10.6. The molecule has 0 saturated heterocycles. The maximum atomic E-state index is 11.6. The van der Waals surface area contributed by atoms with Crippen LogP contribution in [0.2, 0.25) is 0 Å². The number of esters is 1. The Morgan fingerprint density at radius 3 is 1.36 bits per heavy atom. The highest BCUT2D eigenvalue weighted by Crippen LogP contribution is 2.20. The maximum Gasteiger partial charge on any atom is 0.303 e. The number of aryl methyl sites for hydroxylation is 1. The minimum absolute atomic E-state index is 0.187. The van der Waals surface area contributed by atoms with Crippen molar-refractivity contribution in [3.05, 3.63) is 126 Å². The molecular formula is C38H42O7. The van der Waals surface area contributed by atoms with Gasteiger partial charge in [0.05, 0.1) is 0 Å². The Labute approximate surface area is 266 Å². The van der Waals surface area contributed by atoms with E-state index in [0.717, 1.165) is 46.8 Å². The van der Waals surface area contributed by atoms with Crippen LogP contribution in [0.1, 0.15) is 36.1 Å². The fourth-order valence-electron chi connectivity index (χ4n) is 4.46. The topological polar surface area (TPSA) is 72.5 Å². The SMILES string of the molecule is C=Cc1ccc(OCC(COc2ccc(Cc3ccc(OCC(COc4ccc(CC)cc4)OC(C)=O)cc3)cc2)OC)cc1. The number of benzene rings is 4. The molecule has 7 heteroatoms. The highest BCUT2D eigenvalue weighted by atomic mass is 16.6. The van der Waals surface area contributed by atoms with Crippen LogP contribution in [0.25, 0.3) is 6.08 Å². The Hall–Kier alpha value is -4.75. The van der Waals surface area contributed by atoms with Crippen LogP contribution < -0.4 is 18.9 Å². The summed E-state index contributed by atoms with van der Waals surface area (Å²) in [5, 5.41) is 0. The third-order valence-corrected chi connectivity index (χ3v) is 7.11. The normalized spacial score (nSPS) is 12.1. The van der Waals surface area contributed by atoms with E-state index in [1.54, 1.807) is 13.2 Å². The molecule has 2 unspecified atom stereocenters. The zero-order valence-corrected chi connectivity index (χ0v) is 26.3. The molecule has 45 heavy (non-hydrogen) atoms. The summed E-state index contributed by atoms with van der Waals surface area (Å²) in [6, 6.07) is 31.6. The van der Waals surface area contributed by atoms with Gasteiger partial charge in [0.15, 0.2) is 6.10 Å². The van der Waals surface area contributed by atoms with Crippen LogP contribution >= 0.6 is 0 Å². The van der Waals surface area contributed by atoms with Crippen LogP contribution in [0.4, 0.5) is 0 Å². The third kappa shape index (κ3) is 11.4. The van der Waals surface area contributed by atoms with Crippen molar-refractivity contribution in [1.29, 1.82) is 0 Å². The third-order valence-electron chi connectivity index (χ3n) is 7.11. The van der Waals surface area contributed by atoms with Crippen LogP contribution in [0.5, 0.6) is 23.0 Å². The van der Waals surface area contributed by atoms with E-state index in [9.17, 15) is 4.79 Å². The number of hydrogen-bond donors (Lipinski definition) is 0. The van der Waals surface area contributed by atoms with Gasteiger partial charge in [-0.1, -0.05) is 68.1 Å². The zero-order valence-electron chi connectivity index (χ0n) is 26.3. The first-order chi connectivity index (χ1) is 21.9. The van der Waals surface area contributed by atoms with Gasteiger partial charge in [0.1, 0.15) is 55.5 Å². The fraction of sp³-hybridized carbons (Fsp3) is 0.289. The van der Waals surface area contributed by atoms with Crippen molar-refractivity contribution in [2.45, 2.75) is 38.9 Å². The number of methoxy groups -OCH3 is 1. The molecule has 4 aromatic rings. The molecule has 0 radical (unpaired) electrons.